The minimum atomic E-state index is -4.56. The van der Waals surface area contributed by atoms with Crippen molar-refractivity contribution in [2.24, 2.45) is 0 Å². The highest BCUT2D eigenvalue weighted by Crippen LogP contribution is 2.51. The number of alkyl halides is 3. The van der Waals surface area contributed by atoms with E-state index in [1.165, 1.54) is 0 Å². The van der Waals surface area contributed by atoms with Crippen LogP contribution in [-0.2, 0) is 5.41 Å². The van der Waals surface area contributed by atoms with E-state index in [0.717, 1.165) is 17.1 Å². The van der Waals surface area contributed by atoms with Gasteiger partial charge in [0.1, 0.15) is 5.41 Å². The number of hydrogen-bond donors (Lipinski definition) is 0. The molecule has 3 rings (SSSR count). The zero-order valence-corrected chi connectivity index (χ0v) is 19.4. The van der Waals surface area contributed by atoms with Gasteiger partial charge in [0.05, 0.1) is 0 Å². The highest BCUT2D eigenvalue weighted by Gasteiger charge is 2.58. The third kappa shape index (κ3) is 4.14. The molecule has 0 N–H and O–H groups in total. The Hall–Kier alpha value is -3.15. The zero-order chi connectivity index (χ0) is 23.7. The van der Waals surface area contributed by atoms with Crippen LogP contribution in [0.2, 0.25) is 0 Å². The van der Waals surface area contributed by atoms with Crippen LogP contribution >= 0.6 is 0 Å². The number of benzene rings is 3. The van der Waals surface area contributed by atoms with Crippen molar-refractivity contribution >= 4 is 17.1 Å². The maximum absolute atomic E-state index is 15.2. The lowest BCUT2D eigenvalue weighted by Gasteiger charge is -2.38. The number of halogens is 3. The minimum absolute atomic E-state index is 0.186. The summed E-state index contributed by atoms with van der Waals surface area (Å²) in [6.45, 7) is 0. The molecule has 0 aromatic heterocycles. The molecule has 3 nitrogen and oxygen atoms in total. The summed E-state index contributed by atoms with van der Waals surface area (Å²) in [5.74, 6) is 0. The lowest BCUT2D eigenvalue weighted by atomic mass is 9.68. The number of hydrogen-bond acceptors (Lipinski definition) is 3. The summed E-state index contributed by atoms with van der Waals surface area (Å²) in [4.78, 5) is 5.62. The molecule has 0 unspecified atom stereocenters. The fourth-order valence-electron chi connectivity index (χ4n) is 4.02. The molecule has 0 fully saturated rings. The average Bonchev–Trinajstić information content (AvgIpc) is 2.74. The van der Waals surface area contributed by atoms with Crippen molar-refractivity contribution in [3.05, 3.63) is 89.5 Å². The van der Waals surface area contributed by atoms with E-state index in [1.54, 1.807) is 72.8 Å². The Bertz CT molecular complexity index is 895. The first-order valence-corrected chi connectivity index (χ1v) is 10.4. The molecule has 3 aromatic carbocycles. The van der Waals surface area contributed by atoms with Gasteiger partial charge in [0.2, 0.25) is 0 Å². The van der Waals surface area contributed by atoms with E-state index in [0.29, 0.717) is 0 Å². The molecule has 0 aliphatic heterocycles. The Balaban J connectivity index is 2.32. The molecular formula is C26H30F3N3. The van der Waals surface area contributed by atoms with Crippen molar-refractivity contribution in [2.75, 3.05) is 57.0 Å². The predicted molar refractivity (Wildman–Crippen MR) is 128 cm³/mol. The van der Waals surface area contributed by atoms with Gasteiger partial charge in [0.15, 0.2) is 0 Å². The van der Waals surface area contributed by atoms with Crippen molar-refractivity contribution in [1.82, 2.24) is 0 Å². The molecule has 0 spiro atoms. The molecule has 0 radical (unpaired) electrons. The second-order valence-corrected chi connectivity index (χ2v) is 8.57. The Labute approximate surface area is 188 Å². The summed E-state index contributed by atoms with van der Waals surface area (Å²) >= 11 is 0. The van der Waals surface area contributed by atoms with Gasteiger partial charge in [0.25, 0.3) is 0 Å². The molecule has 0 atom stereocenters. The highest BCUT2D eigenvalue weighted by atomic mass is 19.4. The van der Waals surface area contributed by atoms with Gasteiger partial charge in [-0.05, 0) is 53.1 Å². The van der Waals surface area contributed by atoms with E-state index in [9.17, 15) is 0 Å². The van der Waals surface area contributed by atoms with Crippen molar-refractivity contribution < 1.29 is 13.2 Å². The standard InChI is InChI=1S/C26H30F3N3/c1-30(2)22-13-7-19(8-14-22)25(26(27,28)29,20-9-15-23(16-10-20)31(3)4)21-11-17-24(18-12-21)32(5)6/h7-18H,1-6H3. The minimum Gasteiger partial charge on any atom is -0.378 e. The first-order valence-electron chi connectivity index (χ1n) is 10.4. The zero-order valence-electron chi connectivity index (χ0n) is 19.4. The van der Waals surface area contributed by atoms with Gasteiger partial charge < -0.3 is 14.7 Å². The average molecular weight is 442 g/mol. The molecule has 0 heterocycles. The van der Waals surface area contributed by atoms with Gasteiger partial charge >= 0.3 is 6.18 Å². The molecule has 3 aromatic rings. The summed E-state index contributed by atoms with van der Waals surface area (Å²) in [6.07, 6.45) is -4.56. The van der Waals surface area contributed by atoms with E-state index < -0.39 is 11.6 Å². The van der Waals surface area contributed by atoms with E-state index >= 15 is 13.2 Å². The second kappa shape index (κ2) is 8.77. The molecule has 0 amide bonds. The Morgan fingerprint density at radius 3 is 0.812 bits per heavy atom. The largest absolute Gasteiger partial charge is 0.406 e. The molecule has 32 heavy (non-hydrogen) atoms. The lowest BCUT2D eigenvalue weighted by molar-refractivity contribution is -0.166. The monoisotopic (exact) mass is 441 g/mol. The van der Waals surface area contributed by atoms with E-state index in [-0.39, 0.29) is 16.7 Å². The first kappa shape index (κ1) is 23.5. The fourth-order valence-corrected chi connectivity index (χ4v) is 4.02. The molecular weight excluding hydrogens is 411 g/mol. The quantitative estimate of drug-likeness (QED) is 0.449. The van der Waals surface area contributed by atoms with Gasteiger partial charge in [0, 0.05) is 59.3 Å². The smallest absolute Gasteiger partial charge is 0.378 e. The van der Waals surface area contributed by atoms with Crippen LogP contribution in [0, 0.1) is 0 Å². The third-order valence-corrected chi connectivity index (χ3v) is 5.88. The molecule has 0 saturated carbocycles. The third-order valence-electron chi connectivity index (χ3n) is 5.88. The van der Waals surface area contributed by atoms with Gasteiger partial charge in [-0.25, -0.2) is 0 Å². The lowest BCUT2D eigenvalue weighted by Crippen LogP contribution is -2.44. The van der Waals surface area contributed by atoms with Crippen LogP contribution in [0.4, 0.5) is 30.2 Å². The number of nitrogens with zero attached hydrogens (tertiary/aromatic N) is 3. The normalized spacial score (nSPS) is 11.9. The van der Waals surface area contributed by atoms with Gasteiger partial charge in [-0.15, -0.1) is 0 Å². The number of anilines is 3. The Morgan fingerprint density at radius 1 is 0.438 bits per heavy atom. The van der Waals surface area contributed by atoms with Crippen LogP contribution in [0.1, 0.15) is 16.7 Å². The summed E-state index contributed by atoms with van der Waals surface area (Å²) in [5.41, 5.74) is 0.790. The Kier molecular flexibility index (Phi) is 6.44. The molecule has 0 saturated heterocycles. The second-order valence-electron chi connectivity index (χ2n) is 8.57. The highest BCUT2D eigenvalue weighted by molar-refractivity contribution is 5.60. The van der Waals surface area contributed by atoms with Crippen molar-refractivity contribution in [1.29, 1.82) is 0 Å². The van der Waals surface area contributed by atoms with Crippen LogP contribution in [0.3, 0.4) is 0 Å². The van der Waals surface area contributed by atoms with Crippen LogP contribution in [0.25, 0.3) is 0 Å². The van der Waals surface area contributed by atoms with Crippen LogP contribution in [0.5, 0.6) is 0 Å². The van der Waals surface area contributed by atoms with E-state index in [1.807, 2.05) is 57.0 Å². The predicted octanol–water partition coefficient (Wildman–Crippen LogP) is 5.78. The summed E-state index contributed by atoms with van der Waals surface area (Å²) in [6, 6.07) is 19.9. The van der Waals surface area contributed by atoms with Crippen LogP contribution in [-0.4, -0.2) is 48.5 Å². The van der Waals surface area contributed by atoms with Crippen LogP contribution < -0.4 is 14.7 Å². The number of rotatable bonds is 6. The SMILES string of the molecule is CN(C)c1ccc(C(c2ccc(N(C)C)cc2)(c2ccc(N(C)C)cc2)C(F)(F)F)cc1. The van der Waals surface area contributed by atoms with Crippen molar-refractivity contribution in [3.63, 3.8) is 0 Å². The topological polar surface area (TPSA) is 9.72 Å². The van der Waals surface area contributed by atoms with Crippen molar-refractivity contribution in [3.8, 4) is 0 Å². The van der Waals surface area contributed by atoms with E-state index in [4.69, 9.17) is 0 Å². The Morgan fingerprint density at radius 2 is 0.656 bits per heavy atom. The maximum atomic E-state index is 15.2. The van der Waals surface area contributed by atoms with E-state index in [2.05, 4.69) is 0 Å². The summed E-state index contributed by atoms with van der Waals surface area (Å²) in [5, 5.41) is 0. The van der Waals surface area contributed by atoms with Crippen LogP contribution in [0.15, 0.2) is 72.8 Å². The maximum Gasteiger partial charge on any atom is 0.406 e. The summed E-state index contributed by atoms with van der Waals surface area (Å²) in [7, 11) is 11.2. The van der Waals surface area contributed by atoms with Gasteiger partial charge in [-0.2, -0.15) is 13.2 Å². The first-order chi connectivity index (χ1) is 15.0. The van der Waals surface area contributed by atoms with Gasteiger partial charge in [-0.3, -0.25) is 0 Å². The van der Waals surface area contributed by atoms with Crippen molar-refractivity contribution in [2.45, 2.75) is 11.6 Å². The molecule has 0 bridgehead atoms. The fraction of sp³-hybridized carbons (Fsp3) is 0.308. The molecule has 0 aliphatic rings. The molecule has 170 valence electrons. The van der Waals surface area contributed by atoms with Gasteiger partial charge in [-0.1, -0.05) is 36.4 Å². The molecule has 0 aliphatic carbocycles. The summed E-state index contributed by atoms with van der Waals surface area (Å²) < 4.78 is 45.5. The molecule has 6 heteroatoms.